The Kier molecular flexibility index (Phi) is 3.10. The monoisotopic (exact) mass is 207 g/mol. The molecule has 3 heteroatoms. The summed E-state index contributed by atoms with van der Waals surface area (Å²) in [6.07, 6.45) is 8.84. The molecule has 3 nitrogen and oxygen atoms in total. The predicted molar refractivity (Wildman–Crippen MR) is 61.8 cm³/mol. The van der Waals surface area contributed by atoms with Crippen LogP contribution in [0, 0.1) is 0 Å². The number of rotatable bonds is 2. The third kappa shape index (κ3) is 2.40. The fourth-order valence-corrected chi connectivity index (χ4v) is 2.22. The van der Waals surface area contributed by atoms with Crippen LogP contribution < -0.4 is 5.73 Å². The molecule has 1 aromatic heterocycles. The van der Waals surface area contributed by atoms with Crippen LogP contribution in [-0.2, 0) is 0 Å². The van der Waals surface area contributed by atoms with Crippen molar-refractivity contribution in [2.75, 3.05) is 0 Å². The second kappa shape index (κ2) is 4.35. The van der Waals surface area contributed by atoms with E-state index in [2.05, 4.69) is 29.8 Å². The molecule has 0 radical (unpaired) electrons. The van der Waals surface area contributed by atoms with Gasteiger partial charge >= 0.3 is 0 Å². The molecule has 0 unspecified atom stereocenters. The van der Waals surface area contributed by atoms with Crippen molar-refractivity contribution in [3.63, 3.8) is 0 Å². The Balaban J connectivity index is 2.03. The molecule has 0 bridgehead atoms. The first-order valence-electron chi connectivity index (χ1n) is 5.96. The van der Waals surface area contributed by atoms with Crippen LogP contribution in [0.5, 0.6) is 0 Å². The molecule has 1 saturated carbocycles. The highest BCUT2D eigenvalue weighted by molar-refractivity contribution is 5.09. The number of aromatic nitrogens is 2. The van der Waals surface area contributed by atoms with Crippen LogP contribution in [0.25, 0.3) is 0 Å². The molecule has 1 aliphatic carbocycles. The second-order valence-corrected chi connectivity index (χ2v) is 4.98. The summed E-state index contributed by atoms with van der Waals surface area (Å²) in [5, 5.41) is 4.46. The Morgan fingerprint density at radius 2 is 2.00 bits per heavy atom. The number of nitrogens with zero attached hydrogens (tertiary/aromatic N) is 2. The van der Waals surface area contributed by atoms with E-state index in [0.29, 0.717) is 18.0 Å². The smallest absolute Gasteiger partial charge is 0.0524 e. The summed E-state index contributed by atoms with van der Waals surface area (Å²) in [4.78, 5) is 0. The van der Waals surface area contributed by atoms with E-state index in [4.69, 9.17) is 5.73 Å². The molecule has 0 atom stereocenters. The minimum absolute atomic E-state index is 0.418. The molecule has 84 valence electrons. The van der Waals surface area contributed by atoms with Gasteiger partial charge in [-0.15, -0.1) is 0 Å². The van der Waals surface area contributed by atoms with Gasteiger partial charge in [-0.2, -0.15) is 5.10 Å². The molecule has 15 heavy (non-hydrogen) atoms. The molecule has 0 aliphatic heterocycles. The van der Waals surface area contributed by atoms with Gasteiger partial charge in [0.15, 0.2) is 0 Å². The minimum Gasteiger partial charge on any atom is -0.328 e. The van der Waals surface area contributed by atoms with E-state index in [0.717, 1.165) is 12.8 Å². The zero-order chi connectivity index (χ0) is 10.8. The average molecular weight is 207 g/mol. The molecule has 2 N–H and O–H groups in total. The van der Waals surface area contributed by atoms with Crippen LogP contribution in [0.3, 0.4) is 0 Å². The first kappa shape index (κ1) is 10.7. The molecule has 1 aromatic rings. The van der Waals surface area contributed by atoms with Crippen molar-refractivity contribution in [2.24, 2.45) is 5.73 Å². The third-order valence-corrected chi connectivity index (χ3v) is 3.40. The van der Waals surface area contributed by atoms with Gasteiger partial charge in [0.05, 0.1) is 12.2 Å². The van der Waals surface area contributed by atoms with Gasteiger partial charge in [0.2, 0.25) is 0 Å². The van der Waals surface area contributed by atoms with Crippen LogP contribution in [0.15, 0.2) is 12.4 Å². The summed E-state index contributed by atoms with van der Waals surface area (Å²) < 4.78 is 2.14. The van der Waals surface area contributed by atoms with Gasteiger partial charge in [0.1, 0.15) is 0 Å². The predicted octanol–water partition coefficient (Wildman–Crippen LogP) is 2.45. The van der Waals surface area contributed by atoms with E-state index < -0.39 is 0 Å². The average Bonchev–Trinajstić information content (AvgIpc) is 2.68. The molecule has 1 heterocycles. The van der Waals surface area contributed by atoms with E-state index in [1.54, 1.807) is 0 Å². The fourth-order valence-electron chi connectivity index (χ4n) is 2.22. The van der Waals surface area contributed by atoms with Crippen molar-refractivity contribution in [1.82, 2.24) is 9.78 Å². The Bertz CT molecular complexity index is 308. The summed E-state index contributed by atoms with van der Waals surface area (Å²) in [5.74, 6) is 0.574. The SMILES string of the molecule is CC(C)c1cnn(C2CCC(N)CC2)c1. The van der Waals surface area contributed by atoms with Gasteiger partial charge in [-0.3, -0.25) is 4.68 Å². The highest BCUT2D eigenvalue weighted by atomic mass is 15.3. The van der Waals surface area contributed by atoms with Crippen molar-refractivity contribution < 1.29 is 0 Å². The maximum atomic E-state index is 5.90. The third-order valence-electron chi connectivity index (χ3n) is 3.40. The zero-order valence-corrected chi connectivity index (χ0v) is 9.69. The number of hydrogen-bond acceptors (Lipinski definition) is 2. The van der Waals surface area contributed by atoms with Gasteiger partial charge in [0, 0.05) is 12.2 Å². The number of nitrogens with two attached hydrogens (primary N) is 1. The molecular formula is C12H21N3. The molecule has 2 rings (SSSR count). The molecule has 0 saturated heterocycles. The van der Waals surface area contributed by atoms with E-state index in [1.165, 1.54) is 18.4 Å². The van der Waals surface area contributed by atoms with Crippen LogP contribution in [0.2, 0.25) is 0 Å². The lowest BCUT2D eigenvalue weighted by Gasteiger charge is -2.26. The minimum atomic E-state index is 0.418. The lowest BCUT2D eigenvalue weighted by Crippen LogP contribution is -2.27. The molecule has 0 aromatic carbocycles. The van der Waals surface area contributed by atoms with Crippen LogP contribution >= 0.6 is 0 Å². The largest absolute Gasteiger partial charge is 0.328 e. The van der Waals surface area contributed by atoms with Crippen LogP contribution in [0.4, 0.5) is 0 Å². The van der Waals surface area contributed by atoms with E-state index >= 15 is 0 Å². The maximum Gasteiger partial charge on any atom is 0.0524 e. The number of hydrogen-bond donors (Lipinski definition) is 1. The Morgan fingerprint density at radius 3 is 2.53 bits per heavy atom. The van der Waals surface area contributed by atoms with Crippen molar-refractivity contribution in [3.8, 4) is 0 Å². The first-order valence-corrected chi connectivity index (χ1v) is 5.96. The van der Waals surface area contributed by atoms with E-state index in [9.17, 15) is 0 Å². The van der Waals surface area contributed by atoms with Gasteiger partial charge in [-0.05, 0) is 37.2 Å². The van der Waals surface area contributed by atoms with Gasteiger partial charge < -0.3 is 5.73 Å². The maximum absolute atomic E-state index is 5.90. The van der Waals surface area contributed by atoms with Gasteiger partial charge in [-0.25, -0.2) is 0 Å². The van der Waals surface area contributed by atoms with E-state index in [1.807, 2.05) is 6.20 Å². The van der Waals surface area contributed by atoms with Gasteiger partial charge in [-0.1, -0.05) is 13.8 Å². The summed E-state index contributed by atoms with van der Waals surface area (Å²) >= 11 is 0. The highest BCUT2D eigenvalue weighted by Gasteiger charge is 2.20. The van der Waals surface area contributed by atoms with Crippen molar-refractivity contribution in [3.05, 3.63) is 18.0 Å². The highest BCUT2D eigenvalue weighted by Crippen LogP contribution is 2.27. The Morgan fingerprint density at radius 1 is 1.33 bits per heavy atom. The summed E-state index contributed by atoms with van der Waals surface area (Å²) in [6.45, 7) is 4.41. The van der Waals surface area contributed by atoms with Crippen molar-refractivity contribution >= 4 is 0 Å². The zero-order valence-electron chi connectivity index (χ0n) is 9.69. The van der Waals surface area contributed by atoms with Crippen LogP contribution in [0.1, 0.15) is 57.1 Å². The molecule has 0 amide bonds. The Labute approximate surface area is 91.7 Å². The lowest BCUT2D eigenvalue weighted by molar-refractivity contribution is 0.304. The topological polar surface area (TPSA) is 43.8 Å². The molecule has 0 spiro atoms. The van der Waals surface area contributed by atoms with E-state index in [-0.39, 0.29) is 0 Å². The van der Waals surface area contributed by atoms with Gasteiger partial charge in [0.25, 0.3) is 0 Å². The lowest BCUT2D eigenvalue weighted by atomic mass is 9.92. The fraction of sp³-hybridized carbons (Fsp3) is 0.750. The van der Waals surface area contributed by atoms with Crippen LogP contribution in [-0.4, -0.2) is 15.8 Å². The summed E-state index contributed by atoms with van der Waals surface area (Å²) in [6, 6.07) is 0.999. The molecule has 1 aliphatic rings. The molecular weight excluding hydrogens is 186 g/mol. The normalized spacial score (nSPS) is 27.2. The van der Waals surface area contributed by atoms with Crippen molar-refractivity contribution in [1.29, 1.82) is 0 Å². The molecule has 1 fully saturated rings. The standard InChI is InChI=1S/C12H21N3/c1-9(2)10-7-14-15(8-10)12-5-3-11(13)4-6-12/h7-9,11-12H,3-6,13H2,1-2H3. The Hall–Kier alpha value is -0.830. The quantitative estimate of drug-likeness (QED) is 0.809. The first-order chi connectivity index (χ1) is 7.16. The van der Waals surface area contributed by atoms with Crippen molar-refractivity contribution in [2.45, 2.75) is 57.5 Å². The summed E-state index contributed by atoms with van der Waals surface area (Å²) in [7, 11) is 0. The summed E-state index contributed by atoms with van der Waals surface area (Å²) in [5.41, 5.74) is 7.24. The second-order valence-electron chi connectivity index (χ2n) is 4.98.